The molecule has 1 aromatic rings. The predicted octanol–water partition coefficient (Wildman–Crippen LogP) is 3.63. The largest absolute Gasteiger partial charge is 0.469 e. The maximum atomic E-state index is 12.8. The van der Waals surface area contributed by atoms with Crippen LogP contribution in [0.3, 0.4) is 0 Å². The molecule has 1 fully saturated rings. The van der Waals surface area contributed by atoms with E-state index in [4.69, 9.17) is 4.74 Å². The summed E-state index contributed by atoms with van der Waals surface area (Å²) in [4.78, 5) is 38.2. The van der Waals surface area contributed by atoms with Gasteiger partial charge in [0.15, 0.2) is 5.78 Å². The minimum absolute atomic E-state index is 0.0203. The lowest BCUT2D eigenvalue weighted by Crippen LogP contribution is -2.46. The second-order valence-electron chi connectivity index (χ2n) is 6.25. The molecule has 3 rings (SSSR count). The number of nitrogens with zero attached hydrogens (tertiary/aromatic N) is 1. The molecule has 2 amide bonds. The van der Waals surface area contributed by atoms with Gasteiger partial charge in [-0.05, 0) is 18.6 Å². The van der Waals surface area contributed by atoms with Crippen LogP contribution in [0.2, 0.25) is 0 Å². The Morgan fingerprint density at radius 2 is 1.97 bits per heavy atom. The van der Waals surface area contributed by atoms with Gasteiger partial charge in [-0.2, -0.15) is 0 Å². The maximum Gasteiger partial charge on any atom is 0.255 e. The van der Waals surface area contributed by atoms with Gasteiger partial charge in [-0.25, -0.2) is 0 Å². The second-order valence-corrected chi connectivity index (χ2v) is 6.25. The summed E-state index contributed by atoms with van der Waals surface area (Å²) in [6, 6.07) is 4.77. The van der Waals surface area contributed by atoms with Crippen molar-refractivity contribution in [3.8, 4) is 0 Å². The van der Waals surface area contributed by atoms with Crippen LogP contribution in [0.5, 0.6) is 0 Å². The number of Topliss-reactive ketones (excluding diaryl/α,β-unsaturated/α-hetero) is 1. The Balaban J connectivity index is 0.00000106. The van der Waals surface area contributed by atoms with E-state index in [1.165, 1.54) is 6.26 Å². The first-order valence-corrected chi connectivity index (χ1v) is 10.4. The molecular formula is C23H33N3O4. The van der Waals surface area contributed by atoms with Crippen molar-refractivity contribution in [2.75, 3.05) is 18.4 Å². The number of ketones is 1. The van der Waals surface area contributed by atoms with Crippen molar-refractivity contribution < 1.29 is 19.1 Å². The normalized spacial score (nSPS) is 17.3. The minimum Gasteiger partial charge on any atom is -0.469 e. The number of anilines is 1. The highest BCUT2D eigenvalue weighted by molar-refractivity contribution is 6.03. The van der Waals surface area contributed by atoms with Crippen LogP contribution in [0.1, 0.15) is 56.5 Å². The number of nitrogens with one attached hydrogen (secondary N) is 2. The van der Waals surface area contributed by atoms with E-state index in [0.29, 0.717) is 30.8 Å². The number of hydrogen-bond donors (Lipinski definition) is 2. The predicted molar refractivity (Wildman–Crippen MR) is 119 cm³/mol. The molecule has 0 bridgehead atoms. The minimum atomic E-state index is -0.631. The van der Waals surface area contributed by atoms with E-state index in [1.807, 2.05) is 33.8 Å². The highest BCUT2D eigenvalue weighted by Gasteiger charge is 2.38. The van der Waals surface area contributed by atoms with Crippen molar-refractivity contribution >= 4 is 23.3 Å². The molecule has 164 valence electrons. The SMILES string of the molecule is C=COC(=C)CNc1cccc2c1CN(C1CCC(=O)CNC1=O)C2=O.CC.CC. The van der Waals surface area contributed by atoms with Crippen LogP contribution in [-0.4, -0.2) is 41.6 Å². The summed E-state index contributed by atoms with van der Waals surface area (Å²) in [6.45, 7) is 16.0. The van der Waals surface area contributed by atoms with E-state index >= 15 is 0 Å². The molecule has 0 saturated carbocycles. The summed E-state index contributed by atoms with van der Waals surface area (Å²) in [5.74, 6) is 0.00660. The van der Waals surface area contributed by atoms with E-state index in [2.05, 4.69) is 23.8 Å². The Labute approximate surface area is 179 Å². The lowest BCUT2D eigenvalue weighted by molar-refractivity contribution is -0.126. The molecule has 0 radical (unpaired) electrons. The molecule has 2 N–H and O–H groups in total. The first kappa shape index (κ1) is 24.9. The van der Waals surface area contributed by atoms with Crippen molar-refractivity contribution in [2.24, 2.45) is 0 Å². The van der Waals surface area contributed by atoms with Crippen LogP contribution in [0, 0.1) is 0 Å². The molecule has 2 aliphatic rings. The molecule has 1 aromatic carbocycles. The molecular weight excluding hydrogens is 382 g/mol. The number of benzene rings is 1. The van der Waals surface area contributed by atoms with Gasteiger partial charge in [0, 0.05) is 29.8 Å². The van der Waals surface area contributed by atoms with Crippen molar-refractivity contribution in [1.29, 1.82) is 0 Å². The number of carbonyl (C=O) groups excluding carboxylic acids is 3. The monoisotopic (exact) mass is 415 g/mol. The van der Waals surface area contributed by atoms with E-state index in [1.54, 1.807) is 17.0 Å². The van der Waals surface area contributed by atoms with E-state index in [0.717, 1.165) is 11.3 Å². The van der Waals surface area contributed by atoms with Crippen molar-refractivity contribution in [3.05, 3.63) is 54.5 Å². The first-order chi connectivity index (χ1) is 14.5. The zero-order valence-electron chi connectivity index (χ0n) is 18.4. The summed E-state index contributed by atoms with van der Waals surface area (Å²) < 4.78 is 5.10. The number of amides is 2. The fourth-order valence-corrected chi connectivity index (χ4v) is 3.24. The zero-order chi connectivity index (χ0) is 22.7. The van der Waals surface area contributed by atoms with Gasteiger partial charge < -0.3 is 20.3 Å². The van der Waals surface area contributed by atoms with Crippen molar-refractivity contribution in [1.82, 2.24) is 10.2 Å². The van der Waals surface area contributed by atoms with Crippen LogP contribution in [0.4, 0.5) is 5.69 Å². The Bertz CT molecular complexity index is 789. The van der Waals surface area contributed by atoms with Crippen LogP contribution in [0.15, 0.2) is 43.4 Å². The summed E-state index contributed by atoms with van der Waals surface area (Å²) in [7, 11) is 0. The molecule has 30 heavy (non-hydrogen) atoms. The highest BCUT2D eigenvalue weighted by Crippen LogP contribution is 2.32. The van der Waals surface area contributed by atoms with Crippen molar-refractivity contribution in [3.63, 3.8) is 0 Å². The quantitative estimate of drug-likeness (QED) is 0.693. The molecule has 2 aliphatic heterocycles. The Morgan fingerprint density at radius 3 is 2.63 bits per heavy atom. The van der Waals surface area contributed by atoms with Gasteiger partial charge in [0.2, 0.25) is 5.91 Å². The molecule has 1 atom stereocenters. The van der Waals surface area contributed by atoms with Gasteiger partial charge in [-0.3, -0.25) is 14.4 Å². The fraction of sp³-hybridized carbons (Fsp3) is 0.435. The van der Waals surface area contributed by atoms with Gasteiger partial charge in [0.1, 0.15) is 11.8 Å². The van der Waals surface area contributed by atoms with E-state index in [9.17, 15) is 14.4 Å². The summed E-state index contributed by atoms with van der Waals surface area (Å²) in [5.41, 5.74) is 2.18. The topological polar surface area (TPSA) is 87.7 Å². The Hall–Kier alpha value is -3.09. The van der Waals surface area contributed by atoms with Crippen LogP contribution in [-0.2, 0) is 20.9 Å². The number of hydrogen-bond acceptors (Lipinski definition) is 5. The van der Waals surface area contributed by atoms with Gasteiger partial charge in [0.05, 0.1) is 19.4 Å². The zero-order valence-corrected chi connectivity index (χ0v) is 18.4. The van der Waals surface area contributed by atoms with Gasteiger partial charge in [0.25, 0.3) is 5.91 Å². The molecule has 0 aliphatic carbocycles. The van der Waals surface area contributed by atoms with Gasteiger partial charge in [-0.1, -0.05) is 46.9 Å². The first-order valence-electron chi connectivity index (χ1n) is 10.4. The summed E-state index contributed by atoms with van der Waals surface area (Å²) in [6.07, 6.45) is 1.93. The third kappa shape index (κ3) is 5.95. The maximum absolute atomic E-state index is 12.8. The number of ether oxygens (including phenoxy) is 1. The number of fused-ring (bicyclic) bond motifs is 1. The third-order valence-corrected chi connectivity index (χ3v) is 4.56. The number of carbonyl (C=O) groups is 3. The lowest BCUT2D eigenvalue weighted by Gasteiger charge is -2.25. The third-order valence-electron chi connectivity index (χ3n) is 4.56. The average molecular weight is 416 g/mol. The standard InChI is InChI=1S/C19H21N3O4.2C2H6/c1-3-26-12(2)9-20-16-6-4-5-14-15(16)11-22(19(14)25)17-8-7-13(23)10-21-18(17)24;2*1-2/h3-6,17,20H,1-2,7-11H2,(H,21,24);2*1-2H3. The summed E-state index contributed by atoms with van der Waals surface area (Å²) in [5, 5.41) is 5.80. The Morgan fingerprint density at radius 1 is 1.27 bits per heavy atom. The van der Waals surface area contributed by atoms with Crippen molar-refractivity contribution in [2.45, 2.75) is 53.1 Å². The van der Waals surface area contributed by atoms with Gasteiger partial charge >= 0.3 is 0 Å². The molecule has 2 heterocycles. The van der Waals surface area contributed by atoms with E-state index < -0.39 is 6.04 Å². The second kappa shape index (κ2) is 12.5. The average Bonchev–Trinajstić information content (AvgIpc) is 3.01. The van der Waals surface area contributed by atoms with Crippen LogP contribution >= 0.6 is 0 Å². The van der Waals surface area contributed by atoms with E-state index in [-0.39, 0.29) is 30.6 Å². The fourth-order valence-electron chi connectivity index (χ4n) is 3.24. The smallest absolute Gasteiger partial charge is 0.255 e. The molecule has 7 heteroatoms. The molecule has 7 nitrogen and oxygen atoms in total. The molecule has 0 aromatic heterocycles. The lowest BCUT2D eigenvalue weighted by atomic mass is 10.1. The van der Waals surface area contributed by atoms with Crippen LogP contribution < -0.4 is 10.6 Å². The van der Waals surface area contributed by atoms with Crippen LogP contribution in [0.25, 0.3) is 0 Å². The Kier molecular flexibility index (Phi) is 10.4. The number of rotatable bonds is 6. The highest BCUT2D eigenvalue weighted by atomic mass is 16.5. The molecule has 0 spiro atoms. The molecule has 1 unspecified atom stereocenters. The molecule has 1 saturated heterocycles. The van der Waals surface area contributed by atoms with Gasteiger partial charge in [-0.15, -0.1) is 0 Å². The summed E-state index contributed by atoms with van der Waals surface area (Å²) >= 11 is 0.